The van der Waals surface area contributed by atoms with Gasteiger partial charge in [0.05, 0.1) is 12.5 Å². The molecule has 0 saturated heterocycles. The zero-order chi connectivity index (χ0) is 8.97. The average Bonchev–Trinajstić information content (AvgIpc) is 2.05. The molecule has 0 bridgehead atoms. The van der Waals surface area contributed by atoms with Crippen molar-refractivity contribution in [3.05, 3.63) is 33.4 Å². The topological polar surface area (TPSA) is 49.8 Å². The highest BCUT2D eigenvalue weighted by Gasteiger charge is 2.04. The number of halogens is 1. The third kappa shape index (κ3) is 2.47. The quantitative estimate of drug-likeness (QED) is 0.839. The van der Waals surface area contributed by atoms with Crippen molar-refractivity contribution in [3.63, 3.8) is 0 Å². The van der Waals surface area contributed by atoms with Gasteiger partial charge in [-0.1, -0.05) is 12.1 Å². The molecule has 0 spiro atoms. The molecular formula is C9H9IN2. The van der Waals surface area contributed by atoms with Crippen LogP contribution in [0.1, 0.15) is 18.0 Å². The molecular weight excluding hydrogens is 263 g/mol. The van der Waals surface area contributed by atoms with Gasteiger partial charge >= 0.3 is 0 Å². The van der Waals surface area contributed by atoms with E-state index < -0.39 is 0 Å². The molecule has 3 heteroatoms. The lowest BCUT2D eigenvalue weighted by molar-refractivity contribution is 0.748. The van der Waals surface area contributed by atoms with E-state index in [0.717, 1.165) is 9.13 Å². The van der Waals surface area contributed by atoms with Crippen molar-refractivity contribution >= 4 is 22.6 Å². The molecule has 1 atom stereocenters. The second-order valence-electron chi connectivity index (χ2n) is 2.52. The minimum absolute atomic E-state index is 0.148. The second kappa shape index (κ2) is 4.43. The molecule has 0 aliphatic heterocycles. The van der Waals surface area contributed by atoms with Gasteiger partial charge in [-0.15, -0.1) is 0 Å². The number of hydrogen-bond donors (Lipinski definition) is 1. The first-order valence-corrected chi connectivity index (χ1v) is 4.70. The van der Waals surface area contributed by atoms with Crippen LogP contribution in [0.25, 0.3) is 0 Å². The minimum atomic E-state index is -0.148. The van der Waals surface area contributed by atoms with E-state index in [1.54, 1.807) is 0 Å². The van der Waals surface area contributed by atoms with Gasteiger partial charge in [-0.2, -0.15) is 5.26 Å². The highest BCUT2D eigenvalue weighted by Crippen LogP contribution is 2.15. The van der Waals surface area contributed by atoms with Gasteiger partial charge in [-0.3, -0.25) is 0 Å². The molecule has 1 aromatic rings. The Labute approximate surface area is 85.5 Å². The SMILES string of the molecule is N#CC[C@@H](N)c1cccc(I)c1. The number of hydrogen-bond acceptors (Lipinski definition) is 2. The van der Waals surface area contributed by atoms with Crippen molar-refractivity contribution < 1.29 is 0 Å². The van der Waals surface area contributed by atoms with Crippen LogP contribution in [0.5, 0.6) is 0 Å². The lowest BCUT2D eigenvalue weighted by Gasteiger charge is -2.07. The van der Waals surface area contributed by atoms with Crippen LogP contribution in [0.2, 0.25) is 0 Å². The molecule has 2 N–H and O–H groups in total. The monoisotopic (exact) mass is 272 g/mol. The van der Waals surface area contributed by atoms with Crippen LogP contribution in [-0.2, 0) is 0 Å². The van der Waals surface area contributed by atoms with Crippen molar-refractivity contribution in [3.8, 4) is 6.07 Å². The highest BCUT2D eigenvalue weighted by atomic mass is 127. The van der Waals surface area contributed by atoms with E-state index in [1.165, 1.54) is 0 Å². The van der Waals surface area contributed by atoms with Crippen molar-refractivity contribution in [2.24, 2.45) is 5.73 Å². The molecule has 0 unspecified atom stereocenters. The summed E-state index contributed by atoms with van der Waals surface area (Å²) in [7, 11) is 0. The van der Waals surface area contributed by atoms with Gasteiger partial charge in [0.15, 0.2) is 0 Å². The fourth-order valence-corrected chi connectivity index (χ4v) is 1.52. The van der Waals surface area contributed by atoms with Crippen LogP contribution in [0.15, 0.2) is 24.3 Å². The molecule has 0 saturated carbocycles. The number of nitrogens with two attached hydrogens (primary N) is 1. The maximum absolute atomic E-state index is 8.44. The fourth-order valence-electron chi connectivity index (χ4n) is 0.953. The molecule has 0 radical (unpaired) electrons. The van der Waals surface area contributed by atoms with E-state index in [-0.39, 0.29) is 6.04 Å². The van der Waals surface area contributed by atoms with E-state index in [9.17, 15) is 0 Å². The van der Waals surface area contributed by atoms with Crippen molar-refractivity contribution in [2.45, 2.75) is 12.5 Å². The predicted molar refractivity (Wildman–Crippen MR) is 56.3 cm³/mol. The Morgan fingerprint density at radius 2 is 2.33 bits per heavy atom. The largest absolute Gasteiger partial charge is 0.323 e. The van der Waals surface area contributed by atoms with Crippen LogP contribution in [0.3, 0.4) is 0 Å². The van der Waals surface area contributed by atoms with Crippen molar-refractivity contribution in [1.82, 2.24) is 0 Å². The number of benzene rings is 1. The van der Waals surface area contributed by atoms with Crippen molar-refractivity contribution in [1.29, 1.82) is 5.26 Å². The van der Waals surface area contributed by atoms with Gasteiger partial charge in [0.1, 0.15) is 0 Å². The summed E-state index contributed by atoms with van der Waals surface area (Å²) in [6.07, 6.45) is 0.375. The van der Waals surface area contributed by atoms with Gasteiger partial charge in [0.25, 0.3) is 0 Å². The fraction of sp³-hybridized carbons (Fsp3) is 0.222. The number of rotatable bonds is 2. The van der Waals surface area contributed by atoms with E-state index in [1.807, 2.05) is 24.3 Å². The maximum Gasteiger partial charge on any atom is 0.0641 e. The molecule has 0 aliphatic carbocycles. The molecule has 2 nitrogen and oxygen atoms in total. The van der Waals surface area contributed by atoms with Gasteiger partial charge in [0.2, 0.25) is 0 Å². The Morgan fingerprint density at radius 3 is 2.92 bits per heavy atom. The Morgan fingerprint density at radius 1 is 1.58 bits per heavy atom. The van der Waals surface area contributed by atoms with Gasteiger partial charge in [0, 0.05) is 9.61 Å². The molecule has 1 rings (SSSR count). The summed E-state index contributed by atoms with van der Waals surface area (Å²) in [5.41, 5.74) is 6.78. The van der Waals surface area contributed by atoms with Gasteiger partial charge < -0.3 is 5.73 Å². The van der Waals surface area contributed by atoms with E-state index >= 15 is 0 Å². The first-order chi connectivity index (χ1) is 5.74. The predicted octanol–water partition coefficient (Wildman–Crippen LogP) is 2.20. The lowest BCUT2D eigenvalue weighted by Crippen LogP contribution is -2.08. The lowest BCUT2D eigenvalue weighted by atomic mass is 10.1. The van der Waals surface area contributed by atoms with Gasteiger partial charge in [-0.05, 0) is 40.3 Å². The summed E-state index contributed by atoms with van der Waals surface area (Å²) < 4.78 is 1.15. The molecule has 0 fully saturated rings. The molecule has 0 heterocycles. The van der Waals surface area contributed by atoms with Crippen LogP contribution in [-0.4, -0.2) is 0 Å². The smallest absolute Gasteiger partial charge is 0.0641 e. The first-order valence-electron chi connectivity index (χ1n) is 3.62. The molecule has 0 aromatic heterocycles. The summed E-state index contributed by atoms with van der Waals surface area (Å²) in [6.45, 7) is 0. The summed E-state index contributed by atoms with van der Waals surface area (Å²) in [5, 5.41) is 8.44. The van der Waals surface area contributed by atoms with Crippen LogP contribution in [0, 0.1) is 14.9 Å². The van der Waals surface area contributed by atoms with E-state index in [2.05, 4.69) is 28.7 Å². The number of nitriles is 1. The second-order valence-corrected chi connectivity index (χ2v) is 3.77. The Kier molecular flexibility index (Phi) is 3.50. The molecule has 62 valence electrons. The van der Waals surface area contributed by atoms with Crippen molar-refractivity contribution in [2.75, 3.05) is 0 Å². The van der Waals surface area contributed by atoms with Crippen LogP contribution >= 0.6 is 22.6 Å². The Bertz CT molecular complexity index is 304. The Balaban J connectivity index is 2.82. The third-order valence-corrected chi connectivity index (χ3v) is 2.26. The molecule has 0 aliphatic rings. The average molecular weight is 272 g/mol. The minimum Gasteiger partial charge on any atom is -0.323 e. The molecule has 12 heavy (non-hydrogen) atoms. The summed E-state index contributed by atoms with van der Waals surface area (Å²) in [4.78, 5) is 0. The zero-order valence-electron chi connectivity index (χ0n) is 6.50. The first kappa shape index (κ1) is 9.49. The van der Waals surface area contributed by atoms with Gasteiger partial charge in [-0.25, -0.2) is 0 Å². The zero-order valence-corrected chi connectivity index (χ0v) is 8.65. The highest BCUT2D eigenvalue weighted by molar-refractivity contribution is 14.1. The molecule has 1 aromatic carbocycles. The standard InChI is InChI=1S/C9H9IN2/c10-8-3-1-2-7(6-8)9(12)4-5-11/h1-3,6,9H,4,12H2/t9-/m1/s1. The summed E-state index contributed by atoms with van der Waals surface area (Å²) in [5.74, 6) is 0. The van der Waals surface area contributed by atoms with Crippen LogP contribution < -0.4 is 5.73 Å². The van der Waals surface area contributed by atoms with E-state index in [0.29, 0.717) is 6.42 Å². The number of nitrogens with zero attached hydrogens (tertiary/aromatic N) is 1. The normalized spacial score (nSPS) is 12.1. The maximum atomic E-state index is 8.44. The van der Waals surface area contributed by atoms with Crippen LogP contribution in [0.4, 0.5) is 0 Å². The Hall–Kier alpha value is -0.600. The summed E-state index contributed by atoms with van der Waals surface area (Å²) >= 11 is 2.23. The molecule has 0 amide bonds. The third-order valence-electron chi connectivity index (χ3n) is 1.59. The summed E-state index contributed by atoms with van der Waals surface area (Å²) in [6, 6.07) is 9.82. The van der Waals surface area contributed by atoms with E-state index in [4.69, 9.17) is 11.0 Å².